The first-order valence-electron chi connectivity index (χ1n) is 17.4. The second-order valence-corrected chi connectivity index (χ2v) is 17.1. The molecule has 0 atom stereocenters. The summed E-state index contributed by atoms with van der Waals surface area (Å²) in [7, 11) is 11.0. The summed E-state index contributed by atoms with van der Waals surface area (Å²) < 4.78 is 0. The number of halogens is 2. The SMILES string of the molecule is CCCc1ccc2[cH-]c(C)cc2c1-c1ccccc1CC.CCCc1ccc2[cH-]c(C)cc2c1-c1ccccc1CC.C[Si]C.[Cl][Zr+2][Cl]. The molecule has 4 heteroatoms. The Bertz CT molecular complexity index is 1710. The maximum absolute atomic E-state index is 4.93. The Labute approximate surface area is 312 Å². The van der Waals surface area contributed by atoms with E-state index in [-0.39, 0.29) is 0 Å². The van der Waals surface area contributed by atoms with Crippen LogP contribution >= 0.6 is 17.0 Å². The monoisotopic (exact) mass is 768 g/mol. The zero-order chi connectivity index (χ0) is 35.1. The molecular formula is C44H52Cl2SiZr. The van der Waals surface area contributed by atoms with Gasteiger partial charge in [-0.3, -0.25) is 0 Å². The third-order valence-corrected chi connectivity index (χ3v) is 8.62. The van der Waals surface area contributed by atoms with Crippen molar-refractivity contribution in [3.63, 3.8) is 0 Å². The molecule has 0 saturated carbocycles. The molecule has 0 saturated heterocycles. The quantitative estimate of drug-likeness (QED) is 0.107. The van der Waals surface area contributed by atoms with Crippen molar-refractivity contribution < 1.29 is 20.8 Å². The first kappa shape index (κ1) is 40.2. The third kappa shape index (κ3) is 10.4. The topological polar surface area (TPSA) is 0 Å². The van der Waals surface area contributed by atoms with E-state index in [0.29, 0.717) is 0 Å². The van der Waals surface area contributed by atoms with Gasteiger partial charge in [-0.15, -0.1) is 69.1 Å². The van der Waals surface area contributed by atoms with Crippen LogP contribution in [0.15, 0.2) is 97.1 Å². The van der Waals surface area contributed by atoms with E-state index < -0.39 is 20.8 Å². The van der Waals surface area contributed by atoms with Gasteiger partial charge in [0.1, 0.15) is 0 Å². The Morgan fingerprint density at radius 3 is 1.25 bits per heavy atom. The van der Waals surface area contributed by atoms with E-state index in [4.69, 9.17) is 17.0 Å². The molecule has 0 heterocycles. The van der Waals surface area contributed by atoms with Crippen LogP contribution in [0.25, 0.3) is 43.8 Å². The Hall–Kier alpha value is -2.22. The van der Waals surface area contributed by atoms with Crippen molar-refractivity contribution in [1.29, 1.82) is 0 Å². The molecule has 6 aromatic rings. The van der Waals surface area contributed by atoms with E-state index in [2.05, 4.69) is 152 Å². The van der Waals surface area contributed by atoms with Crippen LogP contribution in [0.3, 0.4) is 0 Å². The van der Waals surface area contributed by atoms with Gasteiger partial charge < -0.3 is 0 Å². The zero-order valence-corrected chi connectivity index (χ0v) is 35.2. The molecule has 0 aromatic heterocycles. The predicted octanol–water partition coefficient (Wildman–Crippen LogP) is 14.3. The molecule has 0 fully saturated rings. The molecule has 0 N–H and O–H groups in total. The van der Waals surface area contributed by atoms with Gasteiger partial charge in [-0.2, -0.15) is 12.1 Å². The number of aryl methyl sites for hydroxylation is 6. The van der Waals surface area contributed by atoms with Crippen LogP contribution in [0, 0.1) is 13.8 Å². The fourth-order valence-corrected chi connectivity index (χ4v) is 6.69. The van der Waals surface area contributed by atoms with E-state index in [1.807, 2.05) is 0 Å². The van der Waals surface area contributed by atoms with E-state index >= 15 is 0 Å². The Morgan fingerprint density at radius 1 is 0.562 bits per heavy atom. The molecule has 6 aromatic carbocycles. The molecule has 48 heavy (non-hydrogen) atoms. The molecule has 0 aliphatic rings. The molecule has 0 unspecified atom stereocenters. The summed E-state index contributed by atoms with van der Waals surface area (Å²) in [5.41, 5.74) is 14.3. The standard InChI is InChI=1S/2C21H23.C2H6Si.2ClH.Zr/c2*1-4-8-17-11-12-18-13-15(3)14-20(18)21(17)19-10-7-6-9-16(19)5-2;1-3-2;;;/h2*6-7,9-14H,4-5,8H2,1-3H3;1-2H3;2*1H;/q2*-1;;;;+4/p-2. The molecule has 0 spiro atoms. The average Bonchev–Trinajstić information content (AvgIpc) is 3.66. The summed E-state index contributed by atoms with van der Waals surface area (Å²) in [5, 5.41) is 5.57. The van der Waals surface area contributed by atoms with E-state index in [9.17, 15) is 0 Å². The van der Waals surface area contributed by atoms with Gasteiger partial charge in [0, 0.05) is 9.52 Å². The van der Waals surface area contributed by atoms with Crippen LogP contribution in [0.1, 0.15) is 73.9 Å². The first-order chi connectivity index (χ1) is 23.3. The number of hydrogen-bond donors (Lipinski definition) is 0. The van der Waals surface area contributed by atoms with E-state index in [1.54, 1.807) is 0 Å². The molecule has 2 radical (unpaired) electrons. The maximum atomic E-state index is 4.93. The fraction of sp³-hybridized carbons (Fsp3) is 0.318. The summed E-state index contributed by atoms with van der Waals surface area (Å²) in [4.78, 5) is 0. The summed E-state index contributed by atoms with van der Waals surface area (Å²) >= 11 is -0.826. The van der Waals surface area contributed by atoms with E-state index in [1.165, 1.54) is 90.0 Å². The summed E-state index contributed by atoms with van der Waals surface area (Å²) in [5.74, 6) is 0. The summed E-state index contributed by atoms with van der Waals surface area (Å²) in [6.07, 6.45) is 6.83. The second kappa shape index (κ2) is 21.1. The zero-order valence-electron chi connectivity index (χ0n) is 30.2. The normalized spacial score (nSPS) is 10.4. The van der Waals surface area contributed by atoms with Crippen LogP contribution in [0.4, 0.5) is 0 Å². The number of rotatable bonds is 8. The Morgan fingerprint density at radius 2 is 0.917 bits per heavy atom. The molecule has 0 amide bonds. The van der Waals surface area contributed by atoms with E-state index in [0.717, 1.165) is 35.2 Å². The molecule has 0 bridgehead atoms. The van der Waals surface area contributed by atoms with Gasteiger partial charge in [-0.1, -0.05) is 138 Å². The van der Waals surface area contributed by atoms with Crippen molar-refractivity contribution in [2.24, 2.45) is 0 Å². The van der Waals surface area contributed by atoms with Crippen molar-refractivity contribution in [3.05, 3.63) is 130 Å². The first-order valence-corrected chi connectivity index (χ1v) is 25.7. The van der Waals surface area contributed by atoms with Crippen LogP contribution in [0.2, 0.25) is 13.1 Å². The molecule has 0 aliphatic carbocycles. The molecule has 250 valence electrons. The van der Waals surface area contributed by atoms with Gasteiger partial charge in [0.2, 0.25) is 0 Å². The minimum atomic E-state index is -0.826. The Balaban J connectivity index is 0.000000224. The fourth-order valence-electron chi connectivity index (χ4n) is 6.69. The number of fused-ring (bicyclic) bond motifs is 2. The van der Waals surface area contributed by atoms with Crippen LogP contribution in [-0.4, -0.2) is 9.52 Å². The summed E-state index contributed by atoms with van der Waals surface area (Å²) in [6, 6.07) is 36.2. The van der Waals surface area contributed by atoms with Crippen molar-refractivity contribution in [1.82, 2.24) is 0 Å². The van der Waals surface area contributed by atoms with Gasteiger partial charge in [-0.05, 0) is 47.9 Å². The van der Waals surface area contributed by atoms with Crippen molar-refractivity contribution in [3.8, 4) is 22.3 Å². The number of benzene rings is 4. The number of hydrogen-bond acceptors (Lipinski definition) is 0. The van der Waals surface area contributed by atoms with Gasteiger partial charge in [0.05, 0.1) is 0 Å². The van der Waals surface area contributed by atoms with Crippen LogP contribution < -0.4 is 0 Å². The molecule has 6 rings (SSSR count). The molecule has 0 nitrogen and oxygen atoms in total. The Kier molecular flexibility index (Phi) is 17.7. The predicted molar refractivity (Wildman–Crippen MR) is 215 cm³/mol. The van der Waals surface area contributed by atoms with Crippen molar-refractivity contribution in [2.75, 3.05) is 0 Å². The van der Waals surface area contributed by atoms with Gasteiger partial charge in [0.25, 0.3) is 0 Å². The van der Waals surface area contributed by atoms with Gasteiger partial charge in [0.15, 0.2) is 0 Å². The summed E-state index contributed by atoms with van der Waals surface area (Å²) in [6.45, 7) is 17.7. The molecular weight excluding hydrogens is 719 g/mol. The minimum absolute atomic E-state index is 0.826. The van der Waals surface area contributed by atoms with Crippen molar-refractivity contribution >= 4 is 48.1 Å². The van der Waals surface area contributed by atoms with Gasteiger partial charge >= 0.3 is 37.9 Å². The average molecular weight is 771 g/mol. The third-order valence-electron chi connectivity index (χ3n) is 8.62. The van der Waals surface area contributed by atoms with Crippen LogP contribution in [-0.2, 0) is 46.5 Å². The van der Waals surface area contributed by atoms with Gasteiger partial charge in [-0.25, -0.2) is 0 Å². The molecule has 0 aliphatic heterocycles. The van der Waals surface area contributed by atoms with Crippen molar-refractivity contribution in [2.45, 2.75) is 93.2 Å². The second-order valence-electron chi connectivity index (χ2n) is 12.4. The van der Waals surface area contributed by atoms with Crippen LogP contribution in [0.5, 0.6) is 0 Å².